The third-order valence-corrected chi connectivity index (χ3v) is 3.21. The van der Waals surface area contributed by atoms with Gasteiger partial charge < -0.3 is 10.2 Å². The minimum Gasteiger partial charge on any atom is -0.354 e. The predicted molar refractivity (Wildman–Crippen MR) is 81.6 cm³/mol. The van der Waals surface area contributed by atoms with E-state index in [-0.39, 0.29) is 0 Å². The molecule has 3 rings (SSSR count). The average Bonchev–Trinajstić information content (AvgIpc) is 2.94. The van der Waals surface area contributed by atoms with Crippen LogP contribution in [0.4, 0.5) is 17.1 Å². The molecule has 3 heteroatoms. The highest BCUT2D eigenvalue weighted by atomic mass is 15.2. The largest absolute Gasteiger partial charge is 0.354 e. The van der Waals surface area contributed by atoms with Crippen LogP contribution in [-0.2, 0) is 0 Å². The Labute approximate surface area is 113 Å². The number of hydrogen-bond donors (Lipinski definition) is 1. The molecule has 0 saturated heterocycles. The summed E-state index contributed by atoms with van der Waals surface area (Å²) in [6.45, 7) is 3.93. The number of nitrogens with one attached hydrogen (secondary N) is 1. The molecule has 0 spiro atoms. The third-order valence-electron chi connectivity index (χ3n) is 3.21. The zero-order valence-corrected chi connectivity index (χ0v) is 11.0. The highest BCUT2D eigenvalue weighted by Crippen LogP contribution is 2.30. The average molecular weight is 251 g/mol. The fraction of sp³-hybridized carbons (Fsp3) is 0.188. The molecule has 0 bridgehead atoms. The van der Waals surface area contributed by atoms with Crippen molar-refractivity contribution in [3.8, 4) is 0 Å². The molecule has 96 valence electrons. The molecular formula is C16H17N3. The molecule has 2 aromatic carbocycles. The molecule has 1 N–H and O–H groups in total. The number of anilines is 3. The molecule has 0 radical (unpaired) electrons. The van der Waals surface area contributed by atoms with Crippen LogP contribution in [0.5, 0.6) is 0 Å². The standard InChI is InChI=1S/C16H17N3/c1-13-7-8-16(19-10-9-17-12-19)15(11-13)18-14-5-3-2-4-6-14/h2-8,11-12,18H,9-10H2,1H3. The van der Waals surface area contributed by atoms with Gasteiger partial charge >= 0.3 is 0 Å². The Morgan fingerprint density at radius 1 is 1.11 bits per heavy atom. The summed E-state index contributed by atoms with van der Waals surface area (Å²) in [5.74, 6) is 0. The van der Waals surface area contributed by atoms with Gasteiger partial charge in [0.15, 0.2) is 0 Å². The Kier molecular flexibility index (Phi) is 3.19. The highest BCUT2D eigenvalue weighted by Gasteiger charge is 2.12. The SMILES string of the molecule is Cc1ccc(N2C=NCC2)c(Nc2ccccc2)c1. The van der Waals surface area contributed by atoms with Gasteiger partial charge in [0.2, 0.25) is 0 Å². The van der Waals surface area contributed by atoms with Gasteiger partial charge in [0.25, 0.3) is 0 Å². The highest BCUT2D eigenvalue weighted by molar-refractivity contribution is 5.89. The van der Waals surface area contributed by atoms with Gasteiger partial charge in [0.1, 0.15) is 0 Å². The van der Waals surface area contributed by atoms with E-state index in [4.69, 9.17) is 0 Å². The Morgan fingerprint density at radius 2 is 1.95 bits per heavy atom. The number of benzene rings is 2. The lowest BCUT2D eigenvalue weighted by molar-refractivity contribution is 1.02. The Balaban J connectivity index is 1.94. The number of aryl methyl sites for hydroxylation is 1. The maximum Gasteiger partial charge on any atom is 0.0896 e. The van der Waals surface area contributed by atoms with Crippen molar-refractivity contribution in [3.63, 3.8) is 0 Å². The minimum absolute atomic E-state index is 0.874. The number of aliphatic imine (C=N–C) groups is 1. The number of nitrogens with zero attached hydrogens (tertiary/aromatic N) is 2. The molecule has 19 heavy (non-hydrogen) atoms. The van der Waals surface area contributed by atoms with Crippen molar-refractivity contribution < 1.29 is 0 Å². The first-order valence-corrected chi connectivity index (χ1v) is 6.52. The van der Waals surface area contributed by atoms with E-state index in [2.05, 4.69) is 52.5 Å². The topological polar surface area (TPSA) is 27.6 Å². The monoisotopic (exact) mass is 251 g/mol. The number of para-hydroxylation sites is 1. The molecule has 0 aliphatic carbocycles. The fourth-order valence-corrected chi connectivity index (χ4v) is 2.24. The van der Waals surface area contributed by atoms with Gasteiger partial charge in [0, 0.05) is 12.2 Å². The van der Waals surface area contributed by atoms with E-state index in [1.807, 2.05) is 24.5 Å². The molecule has 2 aromatic rings. The smallest absolute Gasteiger partial charge is 0.0896 e. The first-order chi connectivity index (χ1) is 9.33. The Hall–Kier alpha value is -2.29. The second-order valence-electron chi connectivity index (χ2n) is 4.73. The summed E-state index contributed by atoms with van der Waals surface area (Å²) < 4.78 is 0. The van der Waals surface area contributed by atoms with Crippen LogP contribution in [0.3, 0.4) is 0 Å². The lowest BCUT2D eigenvalue weighted by Crippen LogP contribution is -2.19. The van der Waals surface area contributed by atoms with Crippen molar-refractivity contribution in [1.29, 1.82) is 0 Å². The van der Waals surface area contributed by atoms with Crippen LogP contribution in [0, 0.1) is 6.92 Å². The van der Waals surface area contributed by atoms with E-state index in [0.717, 1.165) is 24.5 Å². The van der Waals surface area contributed by atoms with Crippen molar-refractivity contribution in [2.45, 2.75) is 6.92 Å². The zero-order valence-electron chi connectivity index (χ0n) is 11.0. The van der Waals surface area contributed by atoms with Crippen molar-refractivity contribution in [3.05, 3.63) is 54.1 Å². The summed E-state index contributed by atoms with van der Waals surface area (Å²) in [5.41, 5.74) is 4.65. The molecule has 0 fully saturated rings. The van der Waals surface area contributed by atoms with E-state index >= 15 is 0 Å². The molecule has 0 saturated carbocycles. The molecule has 1 aliphatic heterocycles. The quantitative estimate of drug-likeness (QED) is 0.902. The first kappa shape index (κ1) is 11.8. The lowest BCUT2D eigenvalue weighted by atomic mass is 10.1. The number of hydrogen-bond acceptors (Lipinski definition) is 3. The molecular weight excluding hydrogens is 234 g/mol. The van der Waals surface area contributed by atoms with E-state index in [0.29, 0.717) is 0 Å². The predicted octanol–water partition coefficient (Wildman–Crippen LogP) is 3.59. The van der Waals surface area contributed by atoms with Crippen LogP contribution in [0.15, 0.2) is 53.5 Å². The molecule has 1 aliphatic rings. The van der Waals surface area contributed by atoms with Gasteiger partial charge in [-0.05, 0) is 36.8 Å². The van der Waals surface area contributed by atoms with E-state index in [1.165, 1.54) is 11.3 Å². The summed E-state index contributed by atoms with van der Waals surface area (Å²) >= 11 is 0. The molecule has 0 amide bonds. The number of rotatable bonds is 3. The zero-order chi connectivity index (χ0) is 13.1. The van der Waals surface area contributed by atoms with Crippen LogP contribution in [0.25, 0.3) is 0 Å². The lowest BCUT2D eigenvalue weighted by Gasteiger charge is -2.20. The van der Waals surface area contributed by atoms with Crippen molar-refractivity contribution in [2.24, 2.45) is 4.99 Å². The van der Waals surface area contributed by atoms with E-state index in [9.17, 15) is 0 Å². The minimum atomic E-state index is 0.874. The maximum atomic E-state index is 4.28. The van der Waals surface area contributed by atoms with Gasteiger partial charge in [-0.1, -0.05) is 24.3 Å². The summed E-state index contributed by atoms with van der Waals surface area (Å²) in [6, 6.07) is 16.7. The maximum absolute atomic E-state index is 4.28. The summed E-state index contributed by atoms with van der Waals surface area (Å²) in [4.78, 5) is 6.47. The second-order valence-corrected chi connectivity index (χ2v) is 4.73. The van der Waals surface area contributed by atoms with E-state index in [1.54, 1.807) is 0 Å². The molecule has 0 atom stereocenters. The van der Waals surface area contributed by atoms with Gasteiger partial charge in [-0.15, -0.1) is 0 Å². The van der Waals surface area contributed by atoms with Gasteiger partial charge in [0.05, 0.1) is 24.3 Å². The normalized spacial score (nSPS) is 13.8. The van der Waals surface area contributed by atoms with Crippen LogP contribution in [0.2, 0.25) is 0 Å². The van der Waals surface area contributed by atoms with Crippen molar-refractivity contribution in [1.82, 2.24) is 0 Å². The van der Waals surface area contributed by atoms with Crippen LogP contribution in [0.1, 0.15) is 5.56 Å². The van der Waals surface area contributed by atoms with Crippen LogP contribution < -0.4 is 10.2 Å². The van der Waals surface area contributed by atoms with Crippen LogP contribution in [-0.4, -0.2) is 19.4 Å². The summed E-state index contributed by atoms with van der Waals surface area (Å²) in [6.07, 6.45) is 1.92. The summed E-state index contributed by atoms with van der Waals surface area (Å²) in [7, 11) is 0. The molecule has 3 nitrogen and oxygen atoms in total. The molecule has 0 aromatic heterocycles. The molecule has 1 heterocycles. The third kappa shape index (κ3) is 2.60. The molecule has 0 unspecified atom stereocenters. The first-order valence-electron chi connectivity index (χ1n) is 6.52. The Bertz CT molecular complexity index is 590. The fourth-order valence-electron chi connectivity index (χ4n) is 2.24. The summed E-state index contributed by atoms with van der Waals surface area (Å²) in [5, 5.41) is 3.49. The van der Waals surface area contributed by atoms with Crippen molar-refractivity contribution in [2.75, 3.05) is 23.3 Å². The van der Waals surface area contributed by atoms with Gasteiger partial charge in [-0.3, -0.25) is 4.99 Å². The van der Waals surface area contributed by atoms with Crippen molar-refractivity contribution >= 4 is 23.4 Å². The van der Waals surface area contributed by atoms with Gasteiger partial charge in [-0.25, -0.2) is 0 Å². The van der Waals surface area contributed by atoms with Gasteiger partial charge in [-0.2, -0.15) is 0 Å². The second kappa shape index (κ2) is 5.14. The van der Waals surface area contributed by atoms with E-state index < -0.39 is 0 Å². The van der Waals surface area contributed by atoms with Crippen LogP contribution >= 0.6 is 0 Å². The Morgan fingerprint density at radius 3 is 2.68 bits per heavy atom.